The van der Waals surface area contributed by atoms with Gasteiger partial charge in [0.1, 0.15) is 11.9 Å². The van der Waals surface area contributed by atoms with Crippen LogP contribution in [0.4, 0.5) is 32.2 Å². The number of halogens is 6. The number of nitrogens with zero attached hydrogens (tertiary/aromatic N) is 3. The zero-order valence-corrected chi connectivity index (χ0v) is 17.0. The van der Waals surface area contributed by atoms with Crippen molar-refractivity contribution in [2.75, 3.05) is 24.6 Å². The number of aryl methyl sites for hydroxylation is 1. The van der Waals surface area contributed by atoms with Crippen molar-refractivity contribution in [3.05, 3.63) is 22.9 Å². The van der Waals surface area contributed by atoms with Gasteiger partial charge in [-0.3, -0.25) is 0 Å². The van der Waals surface area contributed by atoms with Crippen molar-refractivity contribution in [1.29, 1.82) is 5.26 Å². The molecule has 184 valence electrons. The molecule has 0 atom stereocenters. The van der Waals surface area contributed by atoms with Crippen LogP contribution in [0.15, 0.2) is 6.07 Å². The van der Waals surface area contributed by atoms with Gasteiger partial charge in [-0.15, -0.1) is 0 Å². The van der Waals surface area contributed by atoms with Crippen LogP contribution >= 0.6 is 0 Å². The lowest BCUT2D eigenvalue weighted by molar-refractivity contribution is -0.193. The van der Waals surface area contributed by atoms with Crippen molar-refractivity contribution in [2.24, 2.45) is 5.73 Å². The molecule has 1 saturated heterocycles. The minimum atomic E-state index is -5.08. The highest BCUT2D eigenvalue weighted by molar-refractivity contribution is 5.91. The Morgan fingerprint density at radius 3 is 1.91 bits per heavy atom. The van der Waals surface area contributed by atoms with Crippen LogP contribution in [0.25, 0.3) is 0 Å². The molecule has 1 aromatic rings. The number of carboxylic acids is 2. The van der Waals surface area contributed by atoms with Gasteiger partial charge in [-0.2, -0.15) is 31.6 Å². The van der Waals surface area contributed by atoms with Gasteiger partial charge in [0.25, 0.3) is 0 Å². The molecule has 1 aromatic heterocycles. The van der Waals surface area contributed by atoms with Gasteiger partial charge in [0.15, 0.2) is 0 Å². The molecule has 0 amide bonds. The SMILES string of the molecule is CCOC(=O)c1cc(C#N)c(N2CC(N)C2)nc1C.O=C(O)C(F)(F)F.O=C(O)C(F)(F)F. The van der Waals surface area contributed by atoms with E-state index < -0.39 is 30.3 Å². The van der Waals surface area contributed by atoms with E-state index in [0.29, 0.717) is 42.3 Å². The van der Waals surface area contributed by atoms with E-state index in [9.17, 15) is 36.4 Å². The number of hydrogen-bond acceptors (Lipinski definition) is 8. The molecule has 0 unspecified atom stereocenters. The number of carboxylic acid groups (broad SMARTS) is 2. The predicted octanol–water partition coefficient (Wildman–Crippen LogP) is 1.85. The van der Waals surface area contributed by atoms with Crippen molar-refractivity contribution in [3.63, 3.8) is 0 Å². The van der Waals surface area contributed by atoms with Crippen LogP contribution < -0.4 is 10.6 Å². The van der Waals surface area contributed by atoms with Crippen LogP contribution in [0.3, 0.4) is 0 Å². The Balaban J connectivity index is 0.000000605. The number of alkyl halides is 6. The van der Waals surface area contributed by atoms with Crippen LogP contribution in [-0.2, 0) is 14.3 Å². The quantitative estimate of drug-likeness (QED) is 0.422. The first-order chi connectivity index (χ1) is 14.9. The van der Waals surface area contributed by atoms with E-state index in [-0.39, 0.29) is 6.04 Å². The van der Waals surface area contributed by atoms with Crippen LogP contribution in [0.5, 0.6) is 0 Å². The molecule has 0 spiro atoms. The number of aromatic nitrogens is 1. The first kappa shape index (κ1) is 29.4. The molecule has 10 nitrogen and oxygen atoms in total. The first-order valence-electron chi connectivity index (χ1n) is 8.65. The second kappa shape index (κ2) is 11.9. The van der Waals surface area contributed by atoms with Gasteiger partial charge in [0, 0.05) is 19.1 Å². The van der Waals surface area contributed by atoms with Crippen molar-refractivity contribution in [3.8, 4) is 6.07 Å². The minimum absolute atomic E-state index is 0.124. The number of pyridine rings is 1. The summed E-state index contributed by atoms with van der Waals surface area (Å²) in [5.74, 6) is -5.37. The standard InChI is InChI=1S/C13H16N4O2.2C2HF3O2/c1-3-19-13(18)11-4-9(5-14)12(16-8(11)2)17-6-10(15)7-17;2*3-2(4,5)1(6)7/h4,10H,3,6-7,15H2,1-2H3;2*(H,6,7). The Kier molecular flexibility index (Phi) is 10.6. The number of hydrogen-bond donors (Lipinski definition) is 3. The van der Waals surface area contributed by atoms with Crippen molar-refractivity contribution < 1.29 is 55.7 Å². The smallest absolute Gasteiger partial charge is 0.475 e. The zero-order valence-electron chi connectivity index (χ0n) is 17.0. The topological polar surface area (TPSA) is 167 Å². The molecule has 0 saturated carbocycles. The van der Waals surface area contributed by atoms with Gasteiger partial charge in [0.05, 0.1) is 23.4 Å². The Bertz CT molecular complexity index is 883. The molecule has 2 rings (SSSR count). The van der Waals surface area contributed by atoms with E-state index in [2.05, 4.69) is 11.1 Å². The number of ether oxygens (including phenoxy) is 1. The molecule has 16 heteroatoms. The monoisotopic (exact) mass is 488 g/mol. The maximum atomic E-state index is 11.7. The Morgan fingerprint density at radius 2 is 1.61 bits per heavy atom. The van der Waals surface area contributed by atoms with E-state index in [4.69, 9.17) is 30.3 Å². The summed E-state index contributed by atoms with van der Waals surface area (Å²) in [5.41, 5.74) is 7.01. The lowest BCUT2D eigenvalue weighted by Gasteiger charge is -2.38. The average Bonchev–Trinajstić information content (AvgIpc) is 2.65. The summed E-state index contributed by atoms with van der Waals surface area (Å²) < 4.78 is 68.4. The van der Waals surface area contributed by atoms with Crippen LogP contribution in [0.2, 0.25) is 0 Å². The lowest BCUT2D eigenvalue weighted by atomic mass is 10.1. The molecule has 0 aliphatic carbocycles. The Labute approximate surface area is 182 Å². The fourth-order valence-corrected chi connectivity index (χ4v) is 2.02. The largest absolute Gasteiger partial charge is 0.490 e. The van der Waals surface area contributed by atoms with Gasteiger partial charge in [-0.25, -0.2) is 19.4 Å². The van der Waals surface area contributed by atoms with Gasteiger partial charge >= 0.3 is 30.3 Å². The maximum Gasteiger partial charge on any atom is 0.490 e. The van der Waals surface area contributed by atoms with Gasteiger partial charge in [-0.1, -0.05) is 0 Å². The number of carbonyl (C=O) groups is 3. The summed E-state index contributed by atoms with van der Waals surface area (Å²) in [7, 11) is 0. The molecule has 0 aromatic carbocycles. The number of nitriles is 1. The van der Waals surface area contributed by atoms with Gasteiger partial charge in [0.2, 0.25) is 0 Å². The fourth-order valence-electron chi connectivity index (χ4n) is 2.02. The molecule has 0 bridgehead atoms. The third-order valence-electron chi connectivity index (χ3n) is 3.50. The van der Waals surface area contributed by atoms with Crippen molar-refractivity contribution >= 4 is 23.7 Å². The molecule has 4 N–H and O–H groups in total. The van der Waals surface area contributed by atoms with E-state index in [0.717, 1.165) is 0 Å². The number of anilines is 1. The number of aliphatic carboxylic acids is 2. The van der Waals surface area contributed by atoms with E-state index in [1.807, 2.05) is 4.90 Å². The second-order valence-electron chi connectivity index (χ2n) is 6.10. The summed E-state index contributed by atoms with van der Waals surface area (Å²) in [6.45, 7) is 5.13. The first-order valence-corrected chi connectivity index (χ1v) is 8.65. The Hall–Kier alpha value is -3.61. The van der Waals surface area contributed by atoms with Gasteiger partial charge in [-0.05, 0) is 19.9 Å². The number of nitrogens with two attached hydrogens (primary N) is 1. The lowest BCUT2D eigenvalue weighted by Crippen LogP contribution is -2.56. The normalized spacial score (nSPS) is 13.3. The predicted molar refractivity (Wildman–Crippen MR) is 97.2 cm³/mol. The highest BCUT2D eigenvalue weighted by atomic mass is 19.4. The summed E-state index contributed by atoms with van der Waals surface area (Å²) in [4.78, 5) is 35.8. The molecular formula is C17H18F6N4O6. The molecule has 2 heterocycles. The average molecular weight is 488 g/mol. The van der Waals surface area contributed by atoms with Crippen molar-refractivity contribution in [1.82, 2.24) is 4.98 Å². The summed E-state index contributed by atoms with van der Waals surface area (Å²) >= 11 is 0. The third-order valence-corrected chi connectivity index (χ3v) is 3.50. The maximum absolute atomic E-state index is 11.7. The molecule has 1 fully saturated rings. The molecule has 0 radical (unpaired) electrons. The van der Waals surface area contributed by atoms with Crippen LogP contribution in [0, 0.1) is 18.3 Å². The molecule has 1 aliphatic rings. The molecule has 33 heavy (non-hydrogen) atoms. The number of carbonyl (C=O) groups excluding carboxylic acids is 1. The second-order valence-corrected chi connectivity index (χ2v) is 6.10. The minimum Gasteiger partial charge on any atom is -0.475 e. The van der Waals surface area contributed by atoms with Crippen LogP contribution in [-0.4, -0.2) is 71.2 Å². The molecular weight excluding hydrogens is 470 g/mol. The summed E-state index contributed by atoms with van der Waals surface area (Å²) in [6.07, 6.45) is -10.2. The van der Waals surface area contributed by atoms with E-state index in [1.165, 1.54) is 0 Å². The Morgan fingerprint density at radius 1 is 1.18 bits per heavy atom. The third kappa shape index (κ3) is 9.60. The van der Waals surface area contributed by atoms with E-state index >= 15 is 0 Å². The fraction of sp³-hybridized carbons (Fsp3) is 0.471. The van der Waals surface area contributed by atoms with Crippen molar-refractivity contribution in [2.45, 2.75) is 32.2 Å². The zero-order chi connectivity index (χ0) is 26.1. The van der Waals surface area contributed by atoms with Crippen LogP contribution in [0.1, 0.15) is 28.5 Å². The highest BCUT2D eigenvalue weighted by Crippen LogP contribution is 2.25. The number of esters is 1. The summed E-state index contributed by atoms with van der Waals surface area (Å²) in [5, 5.41) is 23.4. The van der Waals surface area contributed by atoms with E-state index in [1.54, 1.807) is 19.9 Å². The number of rotatable bonds is 3. The summed E-state index contributed by atoms with van der Waals surface area (Å²) in [6, 6.07) is 3.74. The van der Waals surface area contributed by atoms with Gasteiger partial charge < -0.3 is 25.6 Å². The highest BCUT2D eigenvalue weighted by Gasteiger charge is 2.38. The molecule has 1 aliphatic heterocycles.